The van der Waals surface area contributed by atoms with Gasteiger partial charge in [-0.05, 0) is 0 Å². The highest BCUT2D eigenvalue weighted by Gasteiger charge is 2.62. The number of aliphatic hydroxyl groups excluding tert-OH is 6. The van der Waals surface area contributed by atoms with Crippen molar-refractivity contribution in [3.05, 3.63) is 16.7 Å². The molecule has 0 aliphatic carbocycles. The van der Waals surface area contributed by atoms with Gasteiger partial charge in [-0.1, -0.05) is 0 Å². The van der Waals surface area contributed by atoms with Crippen molar-refractivity contribution >= 4 is 53.0 Å². The fraction of sp³-hybridized carbons (Fsp3) is 0.618. The van der Waals surface area contributed by atoms with Gasteiger partial charge in [-0.15, -0.1) is 35.3 Å². The lowest BCUT2D eigenvalue weighted by molar-refractivity contribution is -0.130. The van der Waals surface area contributed by atoms with Gasteiger partial charge >= 0.3 is 0 Å². The Morgan fingerprint density at radius 3 is 0.639 bits per heavy atom. The highest BCUT2D eigenvalue weighted by molar-refractivity contribution is 8.00. The van der Waals surface area contributed by atoms with Crippen molar-refractivity contribution in [2.45, 2.75) is 138 Å². The molecule has 6 aliphatic rings. The van der Waals surface area contributed by atoms with Gasteiger partial charge in [0.15, 0.2) is 74.6 Å². The van der Waals surface area contributed by atoms with Gasteiger partial charge in [0.05, 0.1) is 73.6 Å². The fourth-order valence-electron chi connectivity index (χ4n) is 10.4. The first-order valence-electron chi connectivity index (χ1n) is 27.0. The van der Waals surface area contributed by atoms with Crippen molar-refractivity contribution in [2.24, 2.45) is 0 Å². The van der Waals surface area contributed by atoms with Crippen molar-refractivity contribution in [3.63, 3.8) is 0 Å². The molecular weight excluding hydrogens is 1150 g/mol. The zero-order valence-electron chi connectivity index (χ0n) is 48.4. The molecule has 0 bridgehead atoms. The van der Waals surface area contributed by atoms with Gasteiger partial charge in [0.25, 0.3) is 0 Å². The lowest BCUT2D eigenvalue weighted by Crippen LogP contribution is -2.37. The SMILES string of the molecule is CC1(C)Oc2c(c(C(O)(c3c4c(c(SCC(=O)N(CCO)CCO)c5c3OC(C)(C)O5)OC(C)(C)O4)c3c4c(c(SCC(=O)N(CCO)CCO)c5c3OC(C)(C)O5)OC(C)(C)O4)c3c(c2SCC(=O)N(CCO)CCO)OC(C)(C)O3)O1. The first kappa shape index (κ1) is 62.0. The topological polar surface area (TPSA) is 313 Å². The second kappa shape index (κ2) is 22.7. The third-order valence-corrected chi connectivity index (χ3v) is 16.5. The molecule has 0 unspecified atom stereocenters. The Hall–Kier alpha value is -5.56. The van der Waals surface area contributed by atoms with Crippen LogP contribution in [-0.4, -0.2) is 199 Å². The van der Waals surface area contributed by atoms with Crippen molar-refractivity contribution in [3.8, 4) is 69.0 Å². The van der Waals surface area contributed by atoms with Crippen LogP contribution in [-0.2, 0) is 20.0 Å². The van der Waals surface area contributed by atoms with Crippen LogP contribution >= 0.6 is 35.3 Å². The molecule has 0 atom stereocenters. The third-order valence-electron chi connectivity index (χ3n) is 13.4. The summed E-state index contributed by atoms with van der Waals surface area (Å²) in [5.41, 5.74) is -3.56. The number of amides is 3. The van der Waals surface area contributed by atoms with Crippen molar-refractivity contribution in [1.82, 2.24) is 14.7 Å². The minimum Gasteiger partial charge on any atom is -0.448 e. The Bertz CT molecular complexity index is 2590. The maximum atomic E-state index is 15.6. The Morgan fingerprint density at radius 2 is 0.482 bits per heavy atom. The van der Waals surface area contributed by atoms with E-state index in [1.165, 1.54) is 14.7 Å². The van der Waals surface area contributed by atoms with Crippen molar-refractivity contribution < 1.29 is 107 Å². The second-order valence-corrected chi connectivity index (χ2v) is 25.7. The highest BCUT2D eigenvalue weighted by Crippen LogP contribution is 2.73. The number of rotatable bonds is 24. The van der Waals surface area contributed by atoms with Crippen LogP contribution in [0.15, 0.2) is 14.7 Å². The summed E-state index contributed by atoms with van der Waals surface area (Å²) in [5.74, 6) is -12.2. The quantitative estimate of drug-likeness (QED) is 0.0496. The lowest BCUT2D eigenvalue weighted by Gasteiger charge is -2.35. The molecule has 83 heavy (non-hydrogen) atoms. The van der Waals surface area contributed by atoms with E-state index in [0.29, 0.717) is 0 Å². The van der Waals surface area contributed by atoms with Crippen LogP contribution in [0.4, 0.5) is 0 Å². The number of hydrogen-bond acceptors (Lipinski definition) is 25. The summed E-state index contributed by atoms with van der Waals surface area (Å²) in [6.07, 6.45) is 0. The van der Waals surface area contributed by atoms with Gasteiger partial charge in [0.1, 0.15) is 14.7 Å². The predicted molar refractivity (Wildman–Crippen MR) is 298 cm³/mol. The van der Waals surface area contributed by atoms with Crippen LogP contribution < -0.4 is 56.8 Å². The summed E-state index contributed by atoms with van der Waals surface area (Å²) in [5, 5.41) is 74.6. The molecule has 3 aromatic rings. The van der Waals surface area contributed by atoms with Gasteiger partial charge in [0.2, 0.25) is 52.4 Å². The molecule has 458 valence electrons. The van der Waals surface area contributed by atoms with E-state index in [0.717, 1.165) is 35.3 Å². The van der Waals surface area contributed by atoms with Crippen LogP contribution in [0, 0.1) is 0 Å². The predicted octanol–water partition coefficient (Wildman–Crippen LogP) is 3.73. The molecule has 3 aromatic carbocycles. The van der Waals surface area contributed by atoms with Gasteiger partial charge in [-0.3, -0.25) is 14.4 Å². The highest BCUT2D eigenvalue weighted by atomic mass is 32.2. The summed E-state index contributed by atoms with van der Waals surface area (Å²) in [7, 11) is 0. The van der Waals surface area contributed by atoms with E-state index in [2.05, 4.69) is 0 Å². The van der Waals surface area contributed by atoms with Crippen LogP contribution in [0.3, 0.4) is 0 Å². The summed E-state index contributed by atoms with van der Waals surface area (Å²) >= 11 is 3.00. The van der Waals surface area contributed by atoms with E-state index in [1.54, 1.807) is 83.1 Å². The molecule has 7 N–H and O–H groups in total. The number of aliphatic hydroxyl groups is 7. The van der Waals surface area contributed by atoms with Gasteiger partial charge in [-0.25, -0.2) is 0 Å². The maximum Gasteiger partial charge on any atom is 0.246 e. The summed E-state index contributed by atoms with van der Waals surface area (Å²) in [4.78, 5) is 46.3. The van der Waals surface area contributed by atoms with E-state index in [1.807, 2.05) is 0 Å². The first-order chi connectivity index (χ1) is 38.9. The van der Waals surface area contributed by atoms with Crippen LogP contribution in [0.25, 0.3) is 0 Å². The molecule has 3 amide bonds. The summed E-state index contributed by atoms with van der Waals surface area (Å²) in [6, 6.07) is 0. The molecule has 6 heterocycles. The third kappa shape index (κ3) is 11.8. The monoisotopic (exact) mass is 1220 g/mol. The molecule has 0 saturated carbocycles. The Balaban J connectivity index is 1.41. The number of nitrogens with zero attached hydrogens (tertiary/aromatic N) is 3. The zero-order valence-corrected chi connectivity index (χ0v) is 50.9. The molecule has 25 nitrogen and oxygen atoms in total. The summed E-state index contributed by atoms with van der Waals surface area (Å²) in [6.45, 7) is 17.0. The minimum atomic E-state index is -2.92. The average Bonchev–Trinajstić information content (AvgIpc) is 2.03. The first-order valence-corrected chi connectivity index (χ1v) is 29.9. The van der Waals surface area contributed by atoms with Crippen molar-refractivity contribution in [1.29, 1.82) is 0 Å². The van der Waals surface area contributed by atoms with E-state index < -0.39 is 58.0 Å². The van der Waals surface area contributed by atoms with E-state index in [4.69, 9.17) is 56.8 Å². The van der Waals surface area contributed by atoms with Gasteiger partial charge in [-0.2, -0.15) is 0 Å². The maximum absolute atomic E-state index is 15.6. The standard InChI is InChI=1S/C55H73N3O22S3/c1-49(2)69-34-31(35-41(76-50(3,4)70-35)46(40(34)75-49)81-25-28(65)56(13-19-59)14-20-60)55(68,32-36-42(77-51(5,6)71-36)47(43-37(32)72-52(7,8)78-43)82-26-29(66)57(15-21-61)16-22-62)33-38-44(79-53(9,10)73-38)48(45-39(33)74-54(11,12)80-45)83-27-30(67)58(17-23-63)18-24-64/h59-64,68H,13-27H2,1-12H3. The Morgan fingerprint density at radius 1 is 0.325 bits per heavy atom. The number of ether oxygens (including phenoxy) is 12. The Kier molecular flexibility index (Phi) is 17.0. The van der Waals surface area contributed by atoms with Gasteiger partial charge < -0.3 is 107 Å². The molecule has 0 spiro atoms. The molecule has 0 radical (unpaired) electrons. The molecule has 0 saturated heterocycles. The lowest BCUT2D eigenvalue weighted by atomic mass is 9.76. The van der Waals surface area contributed by atoms with E-state index in [9.17, 15) is 45.0 Å². The average molecular weight is 1220 g/mol. The molecular formula is C55H73N3O22S3. The number of benzene rings is 3. The second-order valence-electron chi connectivity index (χ2n) is 22.7. The smallest absolute Gasteiger partial charge is 0.246 e. The normalized spacial score (nSPS) is 18.4. The van der Waals surface area contributed by atoms with E-state index >= 15 is 5.11 Å². The molecule has 28 heteroatoms. The molecule has 6 aliphatic heterocycles. The molecule has 0 aromatic heterocycles. The van der Waals surface area contributed by atoms with Gasteiger partial charge in [0, 0.05) is 122 Å². The Labute approximate surface area is 492 Å². The molecule has 9 rings (SSSR count). The largest absolute Gasteiger partial charge is 0.448 e. The number of carbonyl (C=O) groups is 3. The van der Waals surface area contributed by atoms with Crippen molar-refractivity contribution in [2.75, 3.05) is 96.2 Å². The number of fused-ring (bicyclic) bond motifs is 6. The fourth-order valence-corrected chi connectivity index (χ4v) is 13.3. The number of carbonyl (C=O) groups excluding carboxylic acids is 3. The zero-order chi connectivity index (χ0) is 60.6. The minimum absolute atomic E-state index is 0.00859. The van der Waals surface area contributed by atoms with E-state index in [-0.39, 0.29) is 197 Å². The number of thioether (sulfide) groups is 3. The van der Waals surface area contributed by atoms with Crippen LogP contribution in [0.2, 0.25) is 0 Å². The van der Waals surface area contributed by atoms with Crippen LogP contribution in [0.5, 0.6) is 69.0 Å². The number of hydrogen-bond donors (Lipinski definition) is 7. The van der Waals surface area contributed by atoms with Crippen LogP contribution in [0.1, 0.15) is 99.8 Å². The molecule has 0 fully saturated rings. The summed E-state index contributed by atoms with van der Waals surface area (Å²) < 4.78 is 81.5.